The summed E-state index contributed by atoms with van der Waals surface area (Å²) < 4.78 is 26.6. The number of sulfonamides is 1. The van der Waals surface area contributed by atoms with Crippen molar-refractivity contribution in [3.8, 4) is 0 Å². The van der Waals surface area contributed by atoms with Gasteiger partial charge in [-0.2, -0.15) is 0 Å². The molecule has 7 heteroatoms. The second-order valence-electron chi connectivity index (χ2n) is 7.15. The zero-order valence-electron chi connectivity index (χ0n) is 14.1. The van der Waals surface area contributed by atoms with Gasteiger partial charge in [0, 0.05) is 39.3 Å². The fourth-order valence-corrected chi connectivity index (χ4v) is 5.32. The molecule has 2 aromatic rings. The van der Waals surface area contributed by atoms with Crippen LogP contribution < -0.4 is 10.5 Å². The van der Waals surface area contributed by atoms with Gasteiger partial charge >= 0.3 is 0 Å². The van der Waals surface area contributed by atoms with Gasteiger partial charge < -0.3 is 5.73 Å². The van der Waals surface area contributed by atoms with Crippen LogP contribution in [0.2, 0.25) is 5.02 Å². The van der Waals surface area contributed by atoms with Crippen LogP contribution in [-0.4, -0.2) is 25.7 Å². The molecule has 132 valence electrons. The van der Waals surface area contributed by atoms with E-state index < -0.39 is 10.0 Å². The number of fused-ring (bicyclic) bond motifs is 5. The number of hydrogen-bond acceptors (Lipinski definition) is 4. The number of benzene rings is 1. The maximum absolute atomic E-state index is 11.9. The smallest absolute Gasteiger partial charge is 0.208 e. The maximum Gasteiger partial charge on any atom is 0.208 e. The van der Waals surface area contributed by atoms with E-state index >= 15 is 0 Å². The summed E-state index contributed by atoms with van der Waals surface area (Å²) in [7, 11) is -3.30. The molecule has 2 aliphatic carbocycles. The third kappa shape index (κ3) is 2.92. The first-order valence-corrected chi connectivity index (χ1v) is 10.5. The minimum Gasteiger partial charge on any atom is -0.398 e. The Balaban J connectivity index is 1.92. The predicted molar refractivity (Wildman–Crippen MR) is 101 cm³/mol. The molecule has 1 aromatic carbocycles. The van der Waals surface area contributed by atoms with Crippen molar-refractivity contribution in [2.24, 2.45) is 5.92 Å². The lowest BCUT2D eigenvalue weighted by atomic mass is 9.68. The molecule has 3 atom stereocenters. The van der Waals surface area contributed by atoms with Crippen molar-refractivity contribution in [2.75, 3.05) is 12.0 Å². The van der Waals surface area contributed by atoms with Crippen LogP contribution in [0.5, 0.6) is 0 Å². The molecule has 2 bridgehead atoms. The Morgan fingerprint density at radius 1 is 1.32 bits per heavy atom. The Labute approximate surface area is 152 Å². The van der Waals surface area contributed by atoms with Crippen molar-refractivity contribution in [1.82, 2.24) is 9.71 Å². The van der Waals surface area contributed by atoms with E-state index in [-0.39, 0.29) is 17.9 Å². The average Bonchev–Trinajstić information content (AvgIpc) is 2.47. The summed E-state index contributed by atoms with van der Waals surface area (Å²) in [6.45, 7) is 2.09. The molecular weight excluding hydrogens is 358 g/mol. The first-order chi connectivity index (χ1) is 11.7. The quantitative estimate of drug-likeness (QED) is 0.788. The summed E-state index contributed by atoms with van der Waals surface area (Å²) in [5.41, 5.74) is 11.2. The van der Waals surface area contributed by atoms with Crippen LogP contribution >= 0.6 is 11.6 Å². The monoisotopic (exact) mass is 377 g/mol. The van der Waals surface area contributed by atoms with Gasteiger partial charge in [-0.15, -0.1) is 0 Å². The zero-order chi connectivity index (χ0) is 17.9. The summed E-state index contributed by atoms with van der Waals surface area (Å²) in [5, 5.41) is 1.50. The minimum atomic E-state index is -3.30. The third-order valence-electron chi connectivity index (χ3n) is 5.19. The fraction of sp³-hybridized carbons (Fsp3) is 0.389. The molecular formula is C18H20ClN3O2S. The highest BCUT2D eigenvalue weighted by Gasteiger charge is 2.42. The van der Waals surface area contributed by atoms with Crippen LogP contribution in [0, 0.1) is 5.92 Å². The van der Waals surface area contributed by atoms with Crippen LogP contribution in [0.25, 0.3) is 10.9 Å². The number of aromatic nitrogens is 1. The fourth-order valence-electron chi connectivity index (χ4n) is 4.32. The van der Waals surface area contributed by atoms with Crippen molar-refractivity contribution in [1.29, 1.82) is 0 Å². The highest BCUT2D eigenvalue weighted by molar-refractivity contribution is 7.88. The van der Waals surface area contributed by atoms with Crippen LogP contribution in [0.15, 0.2) is 29.8 Å². The molecule has 2 aliphatic rings. The van der Waals surface area contributed by atoms with Gasteiger partial charge in [0.2, 0.25) is 10.0 Å². The summed E-state index contributed by atoms with van der Waals surface area (Å²) in [6, 6.07) is 5.33. The van der Waals surface area contributed by atoms with Gasteiger partial charge in [0.1, 0.15) is 0 Å². The molecule has 0 radical (unpaired) electrons. The van der Waals surface area contributed by atoms with Crippen LogP contribution in [0.4, 0.5) is 5.69 Å². The number of allylic oxidation sites excluding steroid dienone is 1. The standard InChI is InChI=1S/C18H20ClN3O2S/c1-9-5-10-7-15-16(13(6-9)18(10)22-25(2,23)24)17(20)12-4-3-11(19)8-14(12)21-15/h3-5,8,10,13,18,22H,6-7H2,1-2H3,(H2,20,21)/t10-,13+,18-/m1/s1. The first-order valence-electron chi connectivity index (χ1n) is 8.25. The predicted octanol–water partition coefficient (Wildman–Crippen LogP) is 2.99. The second kappa shape index (κ2) is 5.69. The third-order valence-corrected chi connectivity index (χ3v) is 6.13. The van der Waals surface area contributed by atoms with Crippen molar-refractivity contribution < 1.29 is 8.42 Å². The summed E-state index contributed by atoms with van der Waals surface area (Å²) >= 11 is 6.10. The van der Waals surface area contributed by atoms with E-state index in [2.05, 4.69) is 17.7 Å². The lowest BCUT2D eigenvalue weighted by molar-refractivity contribution is 0.340. The molecule has 0 saturated heterocycles. The number of nitrogens with one attached hydrogen (secondary N) is 1. The van der Waals surface area contributed by atoms with E-state index in [1.165, 1.54) is 11.8 Å². The number of nitrogens with zero attached hydrogens (tertiary/aromatic N) is 1. The van der Waals surface area contributed by atoms with Crippen LogP contribution in [-0.2, 0) is 16.4 Å². The molecule has 1 heterocycles. The lowest BCUT2D eigenvalue weighted by Crippen LogP contribution is -2.48. The molecule has 25 heavy (non-hydrogen) atoms. The largest absolute Gasteiger partial charge is 0.398 e. The molecule has 0 saturated carbocycles. The highest BCUT2D eigenvalue weighted by atomic mass is 35.5. The number of hydrogen-bond donors (Lipinski definition) is 2. The van der Waals surface area contributed by atoms with Crippen molar-refractivity contribution in [3.05, 3.63) is 46.1 Å². The van der Waals surface area contributed by atoms with Crippen LogP contribution in [0.3, 0.4) is 0 Å². The molecule has 0 unspecified atom stereocenters. The Bertz CT molecular complexity index is 1020. The number of pyridine rings is 1. The number of anilines is 1. The van der Waals surface area contributed by atoms with E-state index in [0.717, 1.165) is 28.6 Å². The first kappa shape index (κ1) is 16.8. The number of nitrogens with two attached hydrogens (primary N) is 1. The summed E-state index contributed by atoms with van der Waals surface area (Å²) in [5.74, 6) is 0.0885. The summed E-state index contributed by atoms with van der Waals surface area (Å²) in [6.07, 6.45) is 4.83. The molecule has 0 fully saturated rings. The number of halogens is 1. The van der Waals surface area contributed by atoms with E-state index in [9.17, 15) is 8.42 Å². The second-order valence-corrected chi connectivity index (χ2v) is 9.37. The van der Waals surface area contributed by atoms with E-state index in [1.54, 1.807) is 6.07 Å². The molecule has 5 nitrogen and oxygen atoms in total. The maximum atomic E-state index is 11.9. The van der Waals surface area contributed by atoms with E-state index in [0.29, 0.717) is 17.1 Å². The molecule has 4 rings (SSSR count). The molecule has 0 spiro atoms. The number of nitrogen functional groups attached to an aromatic ring is 1. The Morgan fingerprint density at radius 3 is 2.80 bits per heavy atom. The van der Waals surface area contributed by atoms with Gasteiger partial charge in [-0.25, -0.2) is 13.1 Å². The lowest BCUT2D eigenvalue weighted by Gasteiger charge is -2.42. The van der Waals surface area contributed by atoms with Crippen molar-refractivity contribution in [2.45, 2.75) is 31.7 Å². The SMILES string of the molecule is CC1=C[C@@H]2Cc3nc4cc(Cl)ccc4c(N)c3[C@H](C1)[C@@H]2NS(C)(=O)=O. The topological polar surface area (TPSA) is 85.1 Å². The van der Waals surface area contributed by atoms with E-state index in [4.69, 9.17) is 22.3 Å². The average molecular weight is 378 g/mol. The van der Waals surface area contributed by atoms with Crippen LogP contribution in [0.1, 0.15) is 30.5 Å². The molecule has 1 aromatic heterocycles. The van der Waals surface area contributed by atoms with Gasteiger partial charge in [-0.1, -0.05) is 23.3 Å². The summed E-state index contributed by atoms with van der Waals surface area (Å²) in [4.78, 5) is 4.80. The van der Waals surface area contributed by atoms with Gasteiger partial charge in [-0.05, 0) is 43.9 Å². The van der Waals surface area contributed by atoms with E-state index in [1.807, 2.05) is 12.1 Å². The zero-order valence-corrected chi connectivity index (χ0v) is 15.7. The van der Waals surface area contributed by atoms with Crippen molar-refractivity contribution >= 4 is 38.2 Å². The highest BCUT2D eigenvalue weighted by Crippen LogP contribution is 2.47. The molecule has 3 N–H and O–H groups in total. The number of rotatable bonds is 2. The van der Waals surface area contributed by atoms with Gasteiger partial charge in [-0.3, -0.25) is 4.98 Å². The van der Waals surface area contributed by atoms with Gasteiger partial charge in [0.25, 0.3) is 0 Å². The normalized spacial score (nSPS) is 25.6. The van der Waals surface area contributed by atoms with Crippen molar-refractivity contribution in [3.63, 3.8) is 0 Å². The Morgan fingerprint density at radius 2 is 2.08 bits per heavy atom. The Hall–Kier alpha value is -1.63. The minimum absolute atomic E-state index is 0.000975. The molecule has 0 aliphatic heterocycles. The van der Waals surface area contributed by atoms with Gasteiger partial charge in [0.05, 0.1) is 11.8 Å². The Kier molecular flexibility index (Phi) is 3.83. The molecule has 0 amide bonds. The van der Waals surface area contributed by atoms with Gasteiger partial charge in [0.15, 0.2) is 0 Å².